The van der Waals surface area contributed by atoms with Gasteiger partial charge in [0.2, 0.25) is 0 Å². The van der Waals surface area contributed by atoms with Crippen molar-refractivity contribution in [3.05, 3.63) is 34.2 Å². The summed E-state index contributed by atoms with van der Waals surface area (Å²) in [5.74, 6) is -0.155. The molecule has 0 spiro atoms. The molecule has 104 valence electrons. The van der Waals surface area contributed by atoms with E-state index in [0.29, 0.717) is 6.54 Å². The van der Waals surface area contributed by atoms with Crippen molar-refractivity contribution >= 4 is 5.91 Å². The Morgan fingerprint density at radius 2 is 2.37 bits per heavy atom. The summed E-state index contributed by atoms with van der Waals surface area (Å²) in [7, 11) is 0. The largest absolute Gasteiger partial charge is 0.334 e. The smallest absolute Gasteiger partial charge is 0.260 e. The number of carbonyl (C=O) groups is 1. The van der Waals surface area contributed by atoms with Crippen LogP contribution in [0.25, 0.3) is 0 Å². The fourth-order valence-electron chi connectivity index (χ4n) is 2.53. The monoisotopic (exact) mass is 263 g/mol. The summed E-state index contributed by atoms with van der Waals surface area (Å²) in [4.78, 5) is 28.7. The highest BCUT2D eigenvalue weighted by atomic mass is 16.2. The zero-order chi connectivity index (χ0) is 13.7. The highest BCUT2D eigenvalue weighted by molar-refractivity contribution is 5.94. The maximum Gasteiger partial charge on any atom is 0.260 e. The molecule has 0 radical (unpaired) electrons. The van der Waals surface area contributed by atoms with E-state index in [1.54, 1.807) is 18.3 Å². The van der Waals surface area contributed by atoms with Gasteiger partial charge < -0.3 is 15.2 Å². The topological polar surface area (TPSA) is 65.2 Å². The van der Waals surface area contributed by atoms with Crippen LogP contribution in [-0.4, -0.2) is 41.5 Å². The summed E-state index contributed by atoms with van der Waals surface area (Å²) in [5.41, 5.74) is -0.0705. The SMILES string of the molecule is CCCN(C(=O)c1ccc[nH]c1=O)C1CCCNC1. The van der Waals surface area contributed by atoms with E-state index in [2.05, 4.69) is 10.3 Å². The number of nitrogens with zero attached hydrogens (tertiary/aromatic N) is 1. The number of carbonyl (C=O) groups excluding carboxylic acids is 1. The lowest BCUT2D eigenvalue weighted by atomic mass is 10.0. The molecule has 5 nitrogen and oxygen atoms in total. The molecule has 5 heteroatoms. The molecule has 2 heterocycles. The molecule has 1 aliphatic heterocycles. The number of aromatic nitrogens is 1. The zero-order valence-corrected chi connectivity index (χ0v) is 11.3. The lowest BCUT2D eigenvalue weighted by Crippen LogP contribution is -2.49. The third kappa shape index (κ3) is 3.23. The molecule has 1 saturated heterocycles. The van der Waals surface area contributed by atoms with Gasteiger partial charge in [0, 0.05) is 25.3 Å². The first kappa shape index (κ1) is 13.8. The van der Waals surface area contributed by atoms with Crippen molar-refractivity contribution in [3.8, 4) is 0 Å². The maximum absolute atomic E-state index is 12.5. The molecular weight excluding hydrogens is 242 g/mol. The number of rotatable bonds is 4. The van der Waals surface area contributed by atoms with Crippen molar-refractivity contribution in [1.82, 2.24) is 15.2 Å². The van der Waals surface area contributed by atoms with Gasteiger partial charge in [-0.2, -0.15) is 0 Å². The first-order chi connectivity index (χ1) is 9.24. The number of piperidine rings is 1. The Labute approximate surface area is 113 Å². The van der Waals surface area contributed by atoms with Gasteiger partial charge >= 0.3 is 0 Å². The zero-order valence-electron chi connectivity index (χ0n) is 11.3. The third-order valence-corrected chi connectivity index (χ3v) is 3.49. The summed E-state index contributed by atoms with van der Waals surface area (Å²) < 4.78 is 0. The predicted octanol–water partition coefficient (Wildman–Crippen LogP) is 0.979. The Kier molecular flexibility index (Phi) is 4.74. The van der Waals surface area contributed by atoms with Crippen LogP contribution in [0.1, 0.15) is 36.5 Å². The summed E-state index contributed by atoms with van der Waals surface area (Å²) >= 11 is 0. The van der Waals surface area contributed by atoms with E-state index >= 15 is 0 Å². The van der Waals surface area contributed by atoms with E-state index < -0.39 is 0 Å². The van der Waals surface area contributed by atoms with Crippen molar-refractivity contribution < 1.29 is 4.79 Å². The summed E-state index contributed by atoms with van der Waals surface area (Å²) in [6.45, 7) is 4.57. The number of aromatic amines is 1. The molecule has 0 aromatic carbocycles. The Balaban J connectivity index is 2.20. The van der Waals surface area contributed by atoms with Crippen LogP contribution < -0.4 is 10.9 Å². The van der Waals surface area contributed by atoms with Gasteiger partial charge in [0.1, 0.15) is 5.56 Å². The summed E-state index contributed by atoms with van der Waals surface area (Å²) in [5, 5.41) is 3.31. The molecule has 1 atom stereocenters. The van der Waals surface area contributed by atoms with Crippen LogP contribution in [0, 0.1) is 0 Å². The Morgan fingerprint density at radius 3 is 3.00 bits per heavy atom. The maximum atomic E-state index is 12.5. The molecule has 1 fully saturated rings. The second-order valence-corrected chi connectivity index (χ2v) is 4.91. The standard InChI is InChI=1S/C14H21N3O2/c1-2-9-17(11-5-3-7-15-10-11)14(19)12-6-4-8-16-13(12)18/h4,6,8,11,15H,2-3,5,7,9-10H2,1H3,(H,16,18). The van der Waals surface area contributed by atoms with Crippen LogP contribution in [0.5, 0.6) is 0 Å². The molecule has 0 bridgehead atoms. The molecule has 1 aromatic rings. The van der Waals surface area contributed by atoms with Gasteiger partial charge in [0.05, 0.1) is 0 Å². The minimum atomic E-state index is -0.308. The molecule has 1 aromatic heterocycles. The number of hydrogen-bond donors (Lipinski definition) is 2. The van der Waals surface area contributed by atoms with Gasteiger partial charge in [-0.1, -0.05) is 6.92 Å². The minimum absolute atomic E-state index is 0.155. The highest BCUT2D eigenvalue weighted by Gasteiger charge is 2.26. The van der Waals surface area contributed by atoms with Gasteiger partial charge in [-0.3, -0.25) is 9.59 Å². The first-order valence-corrected chi connectivity index (χ1v) is 6.93. The first-order valence-electron chi connectivity index (χ1n) is 6.93. The number of hydrogen-bond acceptors (Lipinski definition) is 3. The average molecular weight is 263 g/mol. The van der Waals surface area contributed by atoms with Crippen LogP contribution in [0.3, 0.4) is 0 Å². The number of H-pyrrole nitrogens is 1. The highest BCUT2D eigenvalue weighted by Crippen LogP contribution is 2.13. The van der Waals surface area contributed by atoms with Gasteiger partial charge in [0.15, 0.2) is 0 Å². The molecule has 2 rings (SSSR count). The van der Waals surface area contributed by atoms with Crippen molar-refractivity contribution in [2.45, 2.75) is 32.2 Å². The Hall–Kier alpha value is -1.62. The van der Waals surface area contributed by atoms with E-state index in [1.807, 2.05) is 11.8 Å². The fourth-order valence-corrected chi connectivity index (χ4v) is 2.53. The van der Waals surface area contributed by atoms with Crippen molar-refractivity contribution in [1.29, 1.82) is 0 Å². The molecule has 1 aliphatic rings. The van der Waals surface area contributed by atoms with E-state index in [1.165, 1.54) is 0 Å². The quantitative estimate of drug-likeness (QED) is 0.851. The van der Waals surface area contributed by atoms with Crippen molar-refractivity contribution in [2.75, 3.05) is 19.6 Å². The molecule has 1 amide bonds. The number of amides is 1. The average Bonchev–Trinajstić information content (AvgIpc) is 2.45. The van der Waals surface area contributed by atoms with Gasteiger partial charge in [-0.15, -0.1) is 0 Å². The van der Waals surface area contributed by atoms with Crippen LogP contribution in [0.15, 0.2) is 23.1 Å². The van der Waals surface area contributed by atoms with Crippen LogP contribution in [-0.2, 0) is 0 Å². The van der Waals surface area contributed by atoms with Gasteiger partial charge in [-0.25, -0.2) is 0 Å². The van der Waals surface area contributed by atoms with Gasteiger partial charge in [-0.05, 0) is 37.9 Å². The number of nitrogens with one attached hydrogen (secondary N) is 2. The van der Waals surface area contributed by atoms with Crippen molar-refractivity contribution in [3.63, 3.8) is 0 Å². The molecule has 1 unspecified atom stereocenters. The lowest BCUT2D eigenvalue weighted by molar-refractivity contribution is 0.0647. The van der Waals surface area contributed by atoms with Crippen molar-refractivity contribution in [2.24, 2.45) is 0 Å². The summed E-state index contributed by atoms with van der Waals surface area (Å²) in [6, 6.07) is 3.48. The Bertz CT molecular complexity index is 478. The predicted molar refractivity (Wildman–Crippen MR) is 74.3 cm³/mol. The fraction of sp³-hybridized carbons (Fsp3) is 0.571. The normalized spacial score (nSPS) is 19.1. The molecule has 0 aliphatic carbocycles. The second kappa shape index (κ2) is 6.52. The summed E-state index contributed by atoms with van der Waals surface area (Å²) in [6.07, 6.45) is 4.52. The molecule has 0 saturated carbocycles. The van der Waals surface area contributed by atoms with E-state index in [4.69, 9.17) is 0 Å². The van der Waals surface area contributed by atoms with E-state index in [0.717, 1.165) is 32.4 Å². The number of pyridine rings is 1. The second-order valence-electron chi connectivity index (χ2n) is 4.91. The van der Waals surface area contributed by atoms with E-state index in [-0.39, 0.29) is 23.1 Å². The molecule has 19 heavy (non-hydrogen) atoms. The molecule has 2 N–H and O–H groups in total. The van der Waals surface area contributed by atoms with Crippen LogP contribution >= 0.6 is 0 Å². The lowest BCUT2D eigenvalue weighted by Gasteiger charge is -2.34. The Morgan fingerprint density at radius 1 is 1.53 bits per heavy atom. The third-order valence-electron chi connectivity index (χ3n) is 3.49. The molecular formula is C14H21N3O2. The van der Waals surface area contributed by atoms with E-state index in [9.17, 15) is 9.59 Å². The van der Waals surface area contributed by atoms with Crippen LogP contribution in [0.4, 0.5) is 0 Å². The minimum Gasteiger partial charge on any atom is -0.334 e. The van der Waals surface area contributed by atoms with Crippen LogP contribution in [0.2, 0.25) is 0 Å². The van der Waals surface area contributed by atoms with Gasteiger partial charge in [0.25, 0.3) is 11.5 Å².